The number of aromatic nitrogens is 2. The molecule has 4 aromatic rings. The fraction of sp³-hybridized carbons (Fsp3) is 0.167. The molecule has 0 saturated heterocycles. The minimum absolute atomic E-state index is 0.0481. The lowest BCUT2D eigenvalue weighted by atomic mass is 10.1. The van der Waals surface area contributed by atoms with Crippen LogP contribution in [-0.4, -0.2) is 21.4 Å². The van der Waals surface area contributed by atoms with Gasteiger partial charge in [0.2, 0.25) is 0 Å². The molecule has 2 aromatic heterocycles. The van der Waals surface area contributed by atoms with Gasteiger partial charge in [0.1, 0.15) is 12.4 Å². The van der Waals surface area contributed by atoms with E-state index in [-0.39, 0.29) is 29.2 Å². The maximum atomic E-state index is 13.3. The van der Waals surface area contributed by atoms with Gasteiger partial charge in [-0.15, -0.1) is 4.57 Å². The van der Waals surface area contributed by atoms with Crippen molar-refractivity contribution in [3.63, 3.8) is 0 Å². The summed E-state index contributed by atoms with van der Waals surface area (Å²) in [6.45, 7) is 2.98. The van der Waals surface area contributed by atoms with E-state index < -0.39 is 34.7 Å². The fourth-order valence-electron chi connectivity index (χ4n) is 3.37. The summed E-state index contributed by atoms with van der Waals surface area (Å²) in [6.07, 6.45) is -4.71. The zero-order valence-corrected chi connectivity index (χ0v) is 18.5. The molecular weight excluding hydrogens is 467 g/mol. The number of anilines is 1. The van der Waals surface area contributed by atoms with Crippen molar-refractivity contribution in [3.8, 4) is 0 Å². The van der Waals surface area contributed by atoms with Gasteiger partial charge in [0.05, 0.1) is 22.4 Å². The van der Waals surface area contributed by atoms with Crippen LogP contribution < -0.4 is 10.9 Å². The minimum Gasteiger partial charge on any atom is -0.456 e. The van der Waals surface area contributed by atoms with Crippen LogP contribution in [0.15, 0.2) is 63.9 Å². The van der Waals surface area contributed by atoms with Crippen LogP contribution in [0.25, 0.3) is 5.65 Å². The molecule has 0 atom stereocenters. The number of benzene rings is 2. The van der Waals surface area contributed by atoms with E-state index in [1.807, 2.05) is 0 Å². The van der Waals surface area contributed by atoms with Crippen LogP contribution >= 0.6 is 0 Å². The Kier molecular flexibility index (Phi) is 6.16. The van der Waals surface area contributed by atoms with Crippen molar-refractivity contribution in [2.24, 2.45) is 0 Å². The lowest BCUT2D eigenvalue weighted by molar-refractivity contribution is -0.137. The van der Waals surface area contributed by atoms with Crippen LogP contribution in [-0.2, 0) is 17.5 Å². The van der Waals surface area contributed by atoms with Crippen molar-refractivity contribution >= 4 is 23.2 Å². The molecule has 0 aliphatic heterocycles. The Labute approximate surface area is 195 Å². The van der Waals surface area contributed by atoms with Crippen LogP contribution in [0.1, 0.15) is 43.3 Å². The SMILES string of the molecule is Cc1cc2nc(COC(=O)c3ccc(C)c(NC(=O)c4ccccc4C(F)(F)F)c3)cc(=O)n2o1. The molecule has 1 N–H and O–H groups in total. The highest BCUT2D eigenvalue weighted by atomic mass is 19.4. The molecule has 0 spiro atoms. The van der Waals surface area contributed by atoms with Crippen molar-refractivity contribution in [3.05, 3.63) is 98.7 Å². The average Bonchev–Trinajstić information content (AvgIpc) is 3.19. The predicted molar refractivity (Wildman–Crippen MR) is 118 cm³/mol. The smallest absolute Gasteiger partial charge is 0.417 e. The molecule has 2 heterocycles. The molecule has 0 radical (unpaired) electrons. The van der Waals surface area contributed by atoms with Crippen molar-refractivity contribution in [2.45, 2.75) is 26.6 Å². The number of carbonyl (C=O) groups is 2. The van der Waals surface area contributed by atoms with E-state index in [1.165, 1.54) is 36.4 Å². The molecule has 35 heavy (non-hydrogen) atoms. The van der Waals surface area contributed by atoms with E-state index >= 15 is 0 Å². The third-order valence-corrected chi connectivity index (χ3v) is 5.07. The summed E-state index contributed by atoms with van der Waals surface area (Å²) in [5.41, 5.74) is -0.911. The molecule has 0 bridgehead atoms. The molecule has 8 nitrogen and oxygen atoms in total. The first-order chi connectivity index (χ1) is 16.5. The van der Waals surface area contributed by atoms with E-state index in [0.29, 0.717) is 11.3 Å². The first-order valence-electron chi connectivity index (χ1n) is 10.3. The number of alkyl halides is 3. The van der Waals surface area contributed by atoms with E-state index in [9.17, 15) is 27.6 Å². The molecule has 2 aromatic carbocycles. The predicted octanol–water partition coefficient (Wildman–Crippen LogP) is 4.53. The molecule has 0 saturated carbocycles. The number of nitrogens with one attached hydrogen (secondary N) is 1. The average molecular weight is 485 g/mol. The summed E-state index contributed by atoms with van der Waals surface area (Å²) in [4.78, 5) is 41.4. The van der Waals surface area contributed by atoms with Gasteiger partial charge in [0.15, 0.2) is 5.65 Å². The van der Waals surface area contributed by atoms with E-state index in [1.54, 1.807) is 19.9 Å². The number of esters is 1. The van der Waals surface area contributed by atoms with Crippen LogP contribution in [0.2, 0.25) is 0 Å². The number of amides is 1. The van der Waals surface area contributed by atoms with Crippen molar-refractivity contribution in [1.29, 1.82) is 0 Å². The Bertz CT molecular complexity index is 1500. The van der Waals surface area contributed by atoms with Crippen molar-refractivity contribution in [1.82, 2.24) is 9.56 Å². The molecule has 180 valence electrons. The maximum Gasteiger partial charge on any atom is 0.417 e. The molecule has 0 aliphatic carbocycles. The lowest BCUT2D eigenvalue weighted by Gasteiger charge is -2.14. The standard InChI is InChI=1S/C24H18F3N3O5/c1-13-7-8-15(10-19(13)29-22(32)17-5-3-4-6-18(17)24(25,26)27)23(33)34-12-16-11-21(31)30-20(28-16)9-14(2)35-30/h3-11H,12H2,1-2H3,(H,29,32). The highest BCUT2D eigenvalue weighted by Crippen LogP contribution is 2.32. The first-order valence-corrected chi connectivity index (χ1v) is 10.3. The third-order valence-electron chi connectivity index (χ3n) is 5.07. The summed E-state index contributed by atoms with van der Waals surface area (Å²) >= 11 is 0. The highest BCUT2D eigenvalue weighted by Gasteiger charge is 2.35. The Morgan fingerprint density at radius 1 is 1.09 bits per heavy atom. The second-order valence-electron chi connectivity index (χ2n) is 7.69. The summed E-state index contributed by atoms with van der Waals surface area (Å²) in [6, 6.07) is 11.4. The van der Waals surface area contributed by atoms with Gasteiger partial charge in [-0.3, -0.25) is 9.59 Å². The van der Waals surface area contributed by atoms with Crippen LogP contribution in [0.3, 0.4) is 0 Å². The number of rotatable bonds is 5. The highest BCUT2D eigenvalue weighted by molar-refractivity contribution is 6.06. The number of hydrogen-bond acceptors (Lipinski definition) is 6. The monoisotopic (exact) mass is 485 g/mol. The van der Waals surface area contributed by atoms with Crippen LogP contribution in [0.5, 0.6) is 0 Å². The molecule has 11 heteroatoms. The molecular formula is C24H18F3N3O5. The first kappa shape index (κ1) is 23.7. The van der Waals surface area contributed by atoms with Gasteiger partial charge < -0.3 is 14.6 Å². The van der Waals surface area contributed by atoms with Gasteiger partial charge >= 0.3 is 12.1 Å². The Hall–Kier alpha value is -4.41. The van der Waals surface area contributed by atoms with Crippen LogP contribution in [0, 0.1) is 13.8 Å². The summed E-state index contributed by atoms with van der Waals surface area (Å²) in [5.74, 6) is -1.27. The number of halogens is 3. The fourth-order valence-corrected chi connectivity index (χ4v) is 3.37. The summed E-state index contributed by atoms with van der Waals surface area (Å²) in [7, 11) is 0. The number of carbonyl (C=O) groups excluding carboxylic acids is 2. The van der Waals surface area contributed by atoms with E-state index in [2.05, 4.69) is 10.3 Å². The topological polar surface area (TPSA) is 103 Å². The van der Waals surface area contributed by atoms with Gasteiger partial charge in [0, 0.05) is 17.8 Å². The molecule has 0 fully saturated rings. The maximum absolute atomic E-state index is 13.3. The van der Waals surface area contributed by atoms with Gasteiger partial charge in [-0.05, 0) is 43.7 Å². The number of hydrogen-bond donors (Lipinski definition) is 1. The minimum atomic E-state index is -4.71. The zero-order valence-electron chi connectivity index (χ0n) is 18.5. The number of aryl methyl sites for hydroxylation is 2. The molecule has 0 aliphatic rings. The summed E-state index contributed by atoms with van der Waals surface area (Å²) in [5, 5.41) is 2.42. The largest absolute Gasteiger partial charge is 0.456 e. The van der Waals surface area contributed by atoms with E-state index in [0.717, 1.165) is 16.7 Å². The Morgan fingerprint density at radius 2 is 1.83 bits per heavy atom. The second-order valence-corrected chi connectivity index (χ2v) is 7.69. The molecule has 4 rings (SSSR count). The van der Waals surface area contributed by atoms with Crippen molar-refractivity contribution in [2.75, 3.05) is 5.32 Å². The second kappa shape index (κ2) is 9.09. The quantitative estimate of drug-likeness (QED) is 0.417. The number of nitrogens with zero attached hydrogens (tertiary/aromatic N) is 2. The van der Waals surface area contributed by atoms with Gasteiger partial charge in [-0.25, -0.2) is 9.78 Å². The Balaban J connectivity index is 1.51. The zero-order chi connectivity index (χ0) is 25.3. The molecule has 1 amide bonds. The van der Waals surface area contributed by atoms with Gasteiger partial charge in [0.25, 0.3) is 11.5 Å². The van der Waals surface area contributed by atoms with E-state index in [4.69, 9.17) is 9.26 Å². The lowest BCUT2D eigenvalue weighted by Crippen LogP contribution is -2.19. The molecule has 0 unspecified atom stereocenters. The normalized spacial score (nSPS) is 11.5. The van der Waals surface area contributed by atoms with Crippen LogP contribution in [0.4, 0.5) is 18.9 Å². The van der Waals surface area contributed by atoms with Gasteiger partial charge in [-0.1, -0.05) is 18.2 Å². The number of fused-ring (bicyclic) bond motifs is 1. The third kappa shape index (κ3) is 5.08. The Morgan fingerprint density at radius 3 is 2.57 bits per heavy atom. The van der Waals surface area contributed by atoms with Crippen molar-refractivity contribution < 1.29 is 32.0 Å². The summed E-state index contributed by atoms with van der Waals surface area (Å²) < 4.78 is 51.2. The number of ether oxygens (including phenoxy) is 1. The van der Waals surface area contributed by atoms with Gasteiger partial charge in [-0.2, -0.15) is 13.2 Å².